The highest BCUT2D eigenvalue weighted by Crippen LogP contribution is 2.18. The second-order valence-corrected chi connectivity index (χ2v) is 4.74. The first-order chi connectivity index (χ1) is 9.09. The van der Waals surface area contributed by atoms with Gasteiger partial charge in [-0.1, -0.05) is 36.4 Å². The maximum Gasteiger partial charge on any atom is 0.338 e. The molecular weight excluding hydrogens is 267 g/mol. The predicted molar refractivity (Wildman–Crippen MR) is 87.3 cm³/mol. The lowest BCUT2D eigenvalue weighted by molar-refractivity contribution is 0.0471. The molecule has 2 aromatic carbocycles. The van der Waals surface area contributed by atoms with E-state index in [9.17, 15) is 4.79 Å². The Kier molecular flexibility index (Phi) is 5.91. The maximum atomic E-state index is 12.1. The first kappa shape index (κ1) is 16.4. The second-order valence-electron chi connectivity index (χ2n) is 4.74. The molecule has 0 aliphatic heterocycles. The largest absolute Gasteiger partial charge is 0.457 e. The monoisotopic (exact) mass is 288 g/mol. The van der Waals surface area contributed by atoms with Gasteiger partial charge in [0.2, 0.25) is 0 Å². The number of ether oxygens (including phenoxy) is 1. The molecule has 2 rings (SSSR count). The number of carbonyl (C=O) groups is 1. The molecule has 0 saturated heterocycles. The molecule has 1 unspecified atom stereocenters. The lowest BCUT2D eigenvalue weighted by Gasteiger charge is -2.11. The minimum absolute atomic E-state index is 0. The number of benzene rings is 2. The van der Waals surface area contributed by atoms with Crippen LogP contribution < -0.4 is 0 Å². The molecule has 0 fully saturated rings. The van der Waals surface area contributed by atoms with E-state index in [2.05, 4.69) is 0 Å². The first-order valence-electron chi connectivity index (χ1n) is 6.37. The van der Waals surface area contributed by atoms with Gasteiger partial charge in [0.1, 0.15) is 6.61 Å². The molecule has 3 heteroatoms. The Morgan fingerprint density at radius 2 is 1.60 bits per heavy atom. The molecular formula is C17H21O2P. The van der Waals surface area contributed by atoms with E-state index in [1.54, 1.807) is 0 Å². The van der Waals surface area contributed by atoms with Gasteiger partial charge < -0.3 is 4.74 Å². The van der Waals surface area contributed by atoms with Gasteiger partial charge in [-0.25, -0.2) is 4.79 Å². The highest BCUT2D eigenvalue weighted by Gasteiger charge is 2.12. The Morgan fingerprint density at radius 1 is 0.950 bits per heavy atom. The molecule has 2 aromatic rings. The molecule has 1 atom stereocenters. The molecule has 0 bridgehead atoms. The van der Waals surface area contributed by atoms with Gasteiger partial charge in [0.25, 0.3) is 0 Å². The van der Waals surface area contributed by atoms with Crippen LogP contribution in [0.4, 0.5) is 0 Å². The summed E-state index contributed by atoms with van der Waals surface area (Å²) < 4.78 is 5.35. The molecule has 106 valence electrons. The fraction of sp³-hybridized carbons (Fsp3) is 0.235. The summed E-state index contributed by atoms with van der Waals surface area (Å²) in [6.07, 6.45) is 0. The Bertz CT molecular complexity index is 591. The van der Waals surface area contributed by atoms with Crippen LogP contribution in [0.15, 0.2) is 42.5 Å². The summed E-state index contributed by atoms with van der Waals surface area (Å²) >= 11 is 0. The fourth-order valence-corrected chi connectivity index (χ4v) is 1.98. The summed E-state index contributed by atoms with van der Waals surface area (Å²) in [6.45, 7) is 6.34. The number of carbonyl (C=O) groups excluding carboxylic acids is 1. The molecule has 2 nitrogen and oxygen atoms in total. The van der Waals surface area contributed by atoms with Gasteiger partial charge in [-0.3, -0.25) is 0 Å². The van der Waals surface area contributed by atoms with Crippen LogP contribution in [0.2, 0.25) is 0 Å². The van der Waals surface area contributed by atoms with Crippen LogP contribution >= 0.6 is 9.90 Å². The van der Waals surface area contributed by atoms with Gasteiger partial charge in [-0.2, -0.15) is 9.90 Å². The fourth-order valence-electron chi connectivity index (χ4n) is 1.98. The van der Waals surface area contributed by atoms with Gasteiger partial charge in [-0.05, 0) is 49.1 Å². The van der Waals surface area contributed by atoms with Crippen LogP contribution in [0, 0.1) is 20.8 Å². The second kappa shape index (κ2) is 7.21. The third-order valence-corrected chi connectivity index (χ3v) is 3.49. The smallest absolute Gasteiger partial charge is 0.338 e. The van der Waals surface area contributed by atoms with Crippen molar-refractivity contribution in [2.24, 2.45) is 0 Å². The highest BCUT2D eigenvalue weighted by atomic mass is 31.0. The lowest BCUT2D eigenvalue weighted by atomic mass is 9.99. The zero-order valence-corrected chi connectivity index (χ0v) is 13.7. The van der Waals surface area contributed by atoms with E-state index in [0.29, 0.717) is 12.2 Å². The topological polar surface area (TPSA) is 26.3 Å². The Hall–Kier alpha value is -1.66. The van der Waals surface area contributed by atoms with E-state index >= 15 is 0 Å². The van der Waals surface area contributed by atoms with Gasteiger partial charge in [0.15, 0.2) is 0 Å². The number of hydrogen-bond donors (Lipinski definition) is 0. The standard InChI is InChI=1S/C17H18O2.H3P/c1-12-9-10-16(14(3)13(12)2)17(18)19-11-15-7-5-4-6-8-15;/h4-10H,11H2,1-3H3;1H3. The summed E-state index contributed by atoms with van der Waals surface area (Å²) in [7, 11) is 0. The van der Waals surface area contributed by atoms with E-state index in [-0.39, 0.29) is 15.9 Å². The third-order valence-electron chi connectivity index (χ3n) is 3.49. The van der Waals surface area contributed by atoms with Crippen molar-refractivity contribution in [3.63, 3.8) is 0 Å². The molecule has 0 aromatic heterocycles. The summed E-state index contributed by atoms with van der Waals surface area (Å²) in [4.78, 5) is 12.1. The molecule has 0 radical (unpaired) electrons. The first-order valence-corrected chi connectivity index (χ1v) is 6.37. The van der Waals surface area contributed by atoms with Crippen molar-refractivity contribution in [1.29, 1.82) is 0 Å². The zero-order chi connectivity index (χ0) is 13.8. The minimum atomic E-state index is -0.260. The molecule has 0 spiro atoms. The van der Waals surface area contributed by atoms with Crippen LogP contribution in [0.1, 0.15) is 32.6 Å². The zero-order valence-electron chi connectivity index (χ0n) is 12.3. The number of rotatable bonds is 3. The molecule has 0 heterocycles. The van der Waals surface area contributed by atoms with Crippen LogP contribution in [0.25, 0.3) is 0 Å². The van der Waals surface area contributed by atoms with Crippen molar-refractivity contribution >= 4 is 15.9 Å². The molecule has 0 amide bonds. The van der Waals surface area contributed by atoms with Crippen molar-refractivity contribution in [2.75, 3.05) is 0 Å². The van der Waals surface area contributed by atoms with Gasteiger partial charge >= 0.3 is 5.97 Å². The van der Waals surface area contributed by atoms with Gasteiger partial charge in [0, 0.05) is 0 Å². The van der Waals surface area contributed by atoms with E-state index in [0.717, 1.165) is 16.7 Å². The van der Waals surface area contributed by atoms with Crippen molar-refractivity contribution < 1.29 is 9.53 Å². The van der Waals surface area contributed by atoms with Crippen molar-refractivity contribution in [3.05, 3.63) is 70.3 Å². The molecule has 0 aliphatic rings. The molecule has 0 saturated carbocycles. The average molecular weight is 288 g/mol. The Balaban J connectivity index is 0.00000200. The summed E-state index contributed by atoms with van der Waals surface area (Å²) in [5.41, 5.74) is 4.99. The van der Waals surface area contributed by atoms with Crippen molar-refractivity contribution in [3.8, 4) is 0 Å². The normalized spacial score (nSPS) is 9.75. The Morgan fingerprint density at radius 3 is 2.25 bits per heavy atom. The molecule has 0 N–H and O–H groups in total. The number of hydrogen-bond acceptors (Lipinski definition) is 2. The van der Waals surface area contributed by atoms with Crippen LogP contribution in [0.3, 0.4) is 0 Å². The minimum Gasteiger partial charge on any atom is -0.457 e. The molecule has 20 heavy (non-hydrogen) atoms. The SMILES string of the molecule is Cc1ccc(C(=O)OCc2ccccc2)c(C)c1C.P. The highest BCUT2D eigenvalue weighted by molar-refractivity contribution is 6.92. The van der Waals surface area contributed by atoms with Gasteiger partial charge in [0.05, 0.1) is 5.56 Å². The maximum absolute atomic E-state index is 12.1. The lowest BCUT2D eigenvalue weighted by Crippen LogP contribution is -2.08. The quantitative estimate of drug-likeness (QED) is 0.629. The van der Waals surface area contributed by atoms with Crippen molar-refractivity contribution in [2.45, 2.75) is 27.4 Å². The number of aryl methyl sites for hydroxylation is 1. The van der Waals surface area contributed by atoms with E-state index in [4.69, 9.17) is 4.74 Å². The van der Waals surface area contributed by atoms with Crippen LogP contribution in [-0.2, 0) is 11.3 Å². The summed E-state index contributed by atoms with van der Waals surface area (Å²) in [5.74, 6) is -0.260. The van der Waals surface area contributed by atoms with Gasteiger partial charge in [-0.15, -0.1) is 0 Å². The van der Waals surface area contributed by atoms with Crippen LogP contribution in [0.5, 0.6) is 0 Å². The van der Waals surface area contributed by atoms with Crippen molar-refractivity contribution in [1.82, 2.24) is 0 Å². The predicted octanol–water partition coefficient (Wildman–Crippen LogP) is 4.03. The van der Waals surface area contributed by atoms with Crippen LogP contribution in [-0.4, -0.2) is 5.97 Å². The average Bonchev–Trinajstić information content (AvgIpc) is 2.43. The van der Waals surface area contributed by atoms with E-state index < -0.39 is 0 Å². The Labute approximate surface area is 123 Å². The molecule has 0 aliphatic carbocycles. The summed E-state index contributed by atoms with van der Waals surface area (Å²) in [6, 6.07) is 13.5. The number of esters is 1. The summed E-state index contributed by atoms with van der Waals surface area (Å²) in [5, 5.41) is 0. The third kappa shape index (κ3) is 3.68. The van der Waals surface area contributed by atoms with E-state index in [1.165, 1.54) is 5.56 Å². The van der Waals surface area contributed by atoms with E-state index in [1.807, 2.05) is 63.2 Å².